The van der Waals surface area contributed by atoms with Crippen molar-refractivity contribution in [2.45, 2.75) is 0 Å². The van der Waals surface area contributed by atoms with Crippen molar-refractivity contribution < 1.29 is 4.74 Å². The van der Waals surface area contributed by atoms with Gasteiger partial charge in [0, 0.05) is 0 Å². The molecule has 0 saturated heterocycles. The van der Waals surface area contributed by atoms with Crippen molar-refractivity contribution in [3.05, 3.63) is 90.3 Å². The summed E-state index contributed by atoms with van der Waals surface area (Å²) in [6, 6.07) is 27.1. The summed E-state index contributed by atoms with van der Waals surface area (Å²) >= 11 is 0. The van der Waals surface area contributed by atoms with Crippen LogP contribution in [0.15, 0.2) is 78.9 Å². The first-order valence-electron chi connectivity index (χ1n) is 8.22. The van der Waals surface area contributed by atoms with Crippen LogP contribution in [0, 0.1) is 11.3 Å². The molecular weight excluding hydrogens is 322 g/mol. The van der Waals surface area contributed by atoms with E-state index in [0.717, 1.165) is 28.1 Å². The van der Waals surface area contributed by atoms with Crippen LogP contribution in [-0.2, 0) is 0 Å². The highest BCUT2D eigenvalue weighted by atomic mass is 16.5. The first kappa shape index (κ1) is 15.7. The fourth-order valence-corrected chi connectivity index (χ4v) is 2.66. The Bertz CT molecular complexity index is 1070. The molecule has 26 heavy (non-hydrogen) atoms. The predicted molar refractivity (Wildman–Crippen MR) is 103 cm³/mol. The predicted octanol–water partition coefficient (Wildman–Crippen LogP) is 5.42. The van der Waals surface area contributed by atoms with E-state index in [1.54, 1.807) is 0 Å². The van der Waals surface area contributed by atoms with Gasteiger partial charge in [-0.25, -0.2) is 4.98 Å². The molecular formula is C22H15N3O. The molecule has 124 valence electrons. The number of para-hydroxylation sites is 3. The van der Waals surface area contributed by atoms with Gasteiger partial charge in [0.1, 0.15) is 23.4 Å². The number of nitrogens with one attached hydrogen (secondary N) is 1. The number of imidazole rings is 1. The monoisotopic (exact) mass is 337 g/mol. The van der Waals surface area contributed by atoms with Crippen molar-refractivity contribution in [3.8, 4) is 17.6 Å². The van der Waals surface area contributed by atoms with Crippen LogP contribution in [0.5, 0.6) is 11.5 Å². The van der Waals surface area contributed by atoms with Crippen LogP contribution in [0.1, 0.15) is 11.4 Å². The summed E-state index contributed by atoms with van der Waals surface area (Å²) in [6.45, 7) is 0. The van der Waals surface area contributed by atoms with Crippen molar-refractivity contribution in [1.82, 2.24) is 9.97 Å². The molecule has 0 aliphatic heterocycles. The Morgan fingerprint density at radius 1 is 0.885 bits per heavy atom. The lowest BCUT2D eigenvalue weighted by Crippen LogP contribution is -1.86. The molecule has 0 unspecified atom stereocenters. The molecule has 1 aromatic heterocycles. The van der Waals surface area contributed by atoms with Crippen molar-refractivity contribution >= 4 is 22.7 Å². The molecule has 0 saturated carbocycles. The molecule has 4 aromatic rings. The summed E-state index contributed by atoms with van der Waals surface area (Å²) in [6.07, 6.45) is 1.81. The standard InChI is InChI=1S/C22H15N3O/c23-15-17(22-24-20-8-4-5-9-21(20)25-22)14-16-10-12-19(13-11-16)26-18-6-2-1-3-7-18/h1-14H,(H,24,25)/b17-14-. The number of nitriles is 1. The highest BCUT2D eigenvalue weighted by molar-refractivity contribution is 5.90. The number of rotatable bonds is 4. The molecule has 0 aliphatic carbocycles. The highest BCUT2D eigenvalue weighted by Gasteiger charge is 2.07. The van der Waals surface area contributed by atoms with E-state index in [9.17, 15) is 5.26 Å². The summed E-state index contributed by atoms with van der Waals surface area (Å²) in [5, 5.41) is 9.51. The minimum atomic E-state index is 0.484. The number of hydrogen-bond acceptors (Lipinski definition) is 3. The average molecular weight is 337 g/mol. The molecule has 0 fully saturated rings. The first-order valence-corrected chi connectivity index (χ1v) is 8.22. The zero-order valence-electron chi connectivity index (χ0n) is 13.9. The van der Waals surface area contributed by atoms with Gasteiger partial charge >= 0.3 is 0 Å². The normalized spacial score (nSPS) is 11.3. The fourth-order valence-electron chi connectivity index (χ4n) is 2.66. The van der Waals surface area contributed by atoms with Gasteiger partial charge in [0.25, 0.3) is 0 Å². The Labute approximate surface area is 151 Å². The van der Waals surface area contributed by atoms with Crippen LogP contribution in [0.3, 0.4) is 0 Å². The van der Waals surface area contributed by atoms with Gasteiger partial charge < -0.3 is 9.72 Å². The zero-order chi connectivity index (χ0) is 17.8. The molecule has 0 radical (unpaired) electrons. The van der Waals surface area contributed by atoms with Crippen molar-refractivity contribution in [2.75, 3.05) is 0 Å². The largest absolute Gasteiger partial charge is 0.457 e. The Kier molecular flexibility index (Phi) is 4.19. The van der Waals surface area contributed by atoms with E-state index in [1.807, 2.05) is 84.9 Å². The lowest BCUT2D eigenvalue weighted by molar-refractivity contribution is 0.482. The van der Waals surface area contributed by atoms with Crippen molar-refractivity contribution in [3.63, 3.8) is 0 Å². The molecule has 4 heteroatoms. The molecule has 3 aromatic carbocycles. The SMILES string of the molecule is N#C/C(=C/c1ccc(Oc2ccccc2)cc1)c1nc2ccccc2[nH]1. The molecule has 0 amide bonds. The Morgan fingerprint density at radius 3 is 2.31 bits per heavy atom. The van der Waals surface area contributed by atoms with Gasteiger partial charge in [0.05, 0.1) is 16.6 Å². The molecule has 4 nitrogen and oxygen atoms in total. The minimum absolute atomic E-state index is 0.484. The molecule has 0 aliphatic rings. The number of ether oxygens (including phenoxy) is 1. The first-order chi connectivity index (χ1) is 12.8. The van der Waals surface area contributed by atoms with E-state index in [-0.39, 0.29) is 0 Å². The molecule has 1 heterocycles. The van der Waals surface area contributed by atoms with E-state index >= 15 is 0 Å². The van der Waals surface area contributed by atoms with Crippen LogP contribution >= 0.6 is 0 Å². The number of hydrogen-bond donors (Lipinski definition) is 1. The molecule has 0 bridgehead atoms. The van der Waals surface area contributed by atoms with Crippen molar-refractivity contribution in [2.24, 2.45) is 0 Å². The van der Waals surface area contributed by atoms with E-state index < -0.39 is 0 Å². The van der Waals surface area contributed by atoms with Gasteiger partial charge in [-0.15, -0.1) is 0 Å². The Hall–Kier alpha value is -3.84. The van der Waals surface area contributed by atoms with E-state index in [2.05, 4.69) is 16.0 Å². The maximum Gasteiger partial charge on any atom is 0.149 e. The quantitative estimate of drug-likeness (QED) is 0.506. The maximum absolute atomic E-state index is 9.51. The van der Waals surface area contributed by atoms with Crippen LogP contribution in [0.4, 0.5) is 0 Å². The highest BCUT2D eigenvalue weighted by Crippen LogP contribution is 2.23. The van der Waals surface area contributed by atoms with Gasteiger partial charge in [-0.3, -0.25) is 0 Å². The molecule has 1 N–H and O–H groups in total. The number of aromatic nitrogens is 2. The topological polar surface area (TPSA) is 61.7 Å². The second-order valence-corrected chi connectivity index (χ2v) is 5.76. The maximum atomic E-state index is 9.51. The number of benzene rings is 3. The second-order valence-electron chi connectivity index (χ2n) is 5.76. The number of H-pyrrole nitrogens is 1. The zero-order valence-corrected chi connectivity index (χ0v) is 13.9. The number of allylic oxidation sites excluding steroid dienone is 1. The van der Waals surface area contributed by atoms with Gasteiger partial charge in [-0.05, 0) is 48.0 Å². The summed E-state index contributed by atoms with van der Waals surface area (Å²) in [4.78, 5) is 7.67. The van der Waals surface area contributed by atoms with Crippen LogP contribution < -0.4 is 4.74 Å². The Morgan fingerprint density at radius 2 is 1.58 bits per heavy atom. The Balaban J connectivity index is 1.58. The third-order valence-electron chi connectivity index (χ3n) is 3.93. The van der Waals surface area contributed by atoms with Crippen LogP contribution in [0.25, 0.3) is 22.7 Å². The van der Waals surface area contributed by atoms with Crippen LogP contribution in [-0.4, -0.2) is 9.97 Å². The average Bonchev–Trinajstić information content (AvgIpc) is 3.12. The lowest BCUT2D eigenvalue weighted by atomic mass is 10.1. The third kappa shape index (κ3) is 3.33. The van der Waals surface area contributed by atoms with Gasteiger partial charge in [-0.2, -0.15) is 5.26 Å². The fraction of sp³-hybridized carbons (Fsp3) is 0. The van der Waals surface area contributed by atoms with Gasteiger partial charge in [0.2, 0.25) is 0 Å². The number of fused-ring (bicyclic) bond motifs is 1. The summed E-state index contributed by atoms with van der Waals surface area (Å²) in [5.74, 6) is 2.10. The smallest absolute Gasteiger partial charge is 0.149 e. The summed E-state index contributed by atoms with van der Waals surface area (Å²) in [5.41, 5.74) is 3.14. The number of aromatic amines is 1. The van der Waals surface area contributed by atoms with Gasteiger partial charge in [0.15, 0.2) is 0 Å². The number of nitrogens with zero attached hydrogens (tertiary/aromatic N) is 2. The molecule has 4 rings (SSSR count). The van der Waals surface area contributed by atoms with E-state index in [1.165, 1.54) is 0 Å². The molecule has 0 atom stereocenters. The van der Waals surface area contributed by atoms with E-state index in [0.29, 0.717) is 11.4 Å². The minimum Gasteiger partial charge on any atom is -0.457 e. The molecule has 0 spiro atoms. The summed E-state index contributed by atoms with van der Waals surface area (Å²) in [7, 11) is 0. The van der Waals surface area contributed by atoms with E-state index in [4.69, 9.17) is 4.74 Å². The second kappa shape index (κ2) is 6.96. The lowest BCUT2D eigenvalue weighted by Gasteiger charge is -2.05. The van der Waals surface area contributed by atoms with Gasteiger partial charge in [-0.1, -0.05) is 42.5 Å². The third-order valence-corrected chi connectivity index (χ3v) is 3.93. The van der Waals surface area contributed by atoms with Crippen LogP contribution in [0.2, 0.25) is 0 Å². The van der Waals surface area contributed by atoms with Crippen molar-refractivity contribution in [1.29, 1.82) is 5.26 Å². The summed E-state index contributed by atoms with van der Waals surface area (Å²) < 4.78 is 5.78.